The van der Waals surface area contributed by atoms with Crippen LogP contribution < -0.4 is 9.62 Å². The zero-order chi connectivity index (χ0) is 14.0. The molecule has 0 saturated heterocycles. The van der Waals surface area contributed by atoms with E-state index in [1.807, 2.05) is 14.1 Å². The monoisotopic (exact) mass is 281 g/mol. The second kappa shape index (κ2) is 4.88. The molecule has 2 heterocycles. The van der Waals surface area contributed by atoms with Crippen LogP contribution in [0.3, 0.4) is 0 Å². The molecule has 0 aromatic carbocycles. The fourth-order valence-corrected chi connectivity index (χ4v) is 2.62. The van der Waals surface area contributed by atoms with Gasteiger partial charge in [-0.2, -0.15) is 8.42 Å². The van der Waals surface area contributed by atoms with Gasteiger partial charge in [0.2, 0.25) is 0 Å². The van der Waals surface area contributed by atoms with Crippen molar-refractivity contribution in [2.24, 2.45) is 0 Å². The Bertz CT molecular complexity index is 678. The molecule has 0 aliphatic carbocycles. The number of imidazole rings is 1. The molecule has 8 heteroatoms. The van der Waals surface area contributed by atoms with Gasteiger partial charge in [0.1, 0.15) is 5.82 Å². The molecule has 102 valence electrons. The van der Waals surface area contributed by atoms with Crippen molar-refractivity contribution in [3.05, 3.63) is 30.5 Å². The molecule has 2 rings (SSSR count). The van der Waals surface area contributed by atoms with Gasteiger partial charge in [0, 0.05) is 20.3 Å². The van der Waals surface area contributed by atoms with E-state index in [0.717, 1.165) is 5.69 Å². The number of sulfonamides is 1. The van der Waals surface area contributed by atoms with Gasteiger partial charge in [-0.15, -0.1) is 0 Å². The van der Waals surface area contributed by atoms with Crippen LogP contribution >= 0.6 is 0 Å². The summed E-state index contributed by atoms with van der Waals surface area (Å²) in [5.41, 5.74) is 1.15. The maximum Gasteiger partial charge on any atom is 0.279 e. The van der Waals surface area contributed by atoms with Gasteiger partial charge in [-0.05, 0) is 13.0 Å². The number of nitrogens with zero attached hydrogens (tertiary/aromatic N) is 3. The van der Waals surface area contributed by atoms with Gasteiger partial charge in [-0.1, -0.05) is 0 Å². The van der Waals surface area contributed by atoms with Crippen molar-refractivity contribution in [1.82, 2.24) is 15.0 Å². The third-order valence-corrected chi connectivity index (χ3v) is 3.77. The molecule has 0 atom stereocenters. The molecule has 19 heavy (non-hydrogen) atoms. The van der Waals surface area contributed by atoms with Crippen molar-refractivity contribution in [3.63, 3.8) is 0 Å². The van der Waals surface area contributed by atoms with Crippen LogP contribution in [0.15, 0.2) is 29.7 Å². The van der Waals surface area contributed by atoms with Crippen LogP contribution in [0.4, 0.5) is 11.4 Å². The summed E-state index contributed by atoms with van der Waals surface area (Å²) < 4.78 is 26.8. The molecule has 0 aliphatic heterocycles. The van der Waals surface area contributed by atoms with Crippen LogP contribution in [-0.2, 0) is 10.0 Å². The van der Waals surface area contributed by atoms with E-state index in [9.17, 15) is 8.42 Å². The lowest BCUT2D eigenvalue weighted by molar-refractivity contribution is 0.598. The van der Waals surface area contributed by atoms with Crippen LogP contribution in [-0.4, -0.2) is 37.5 Å². The summed E-state index contributed by atoms with van der Waals surface area (Å²) in [7, 11) is -0.0295. The van der Waals surface area contributed by atoms with E-state index < -0.39 is 10.0 Å². The fourth-order valence-electron chi connectivity index (χ4n) is 1.59. The number of anilines is 2. The highest BCUT2D eigenvalue weighted by Gasteiger charge is 2.18. The van der Waals surface area contributed by atoms with E-state index in [4.69, 9.17) is 0 Å². The molecular weight excluding hydrogens is 266 g/mol. The van der Waals surface area contributed by atoms with E-state index in [1.54, 1.807) is 24.1 Å². The lowest BCUT2D eigenvalue weighted by atomic mass is 10.3. The maximum atomic E-state index is 12.2. The predicted octanol–water partition coefficient (Wildman–Crippen LogP) is 0.980. The van der Waals surface area contributed by atoms with E-state index >= 15 is 0 Å². The number of H-pyrrole nitrogens is 1. The summed E-state index contributed by atoms with van der Waals surface area (Å²) in [5.74, 6) is 0.541. The normalized spacial score (nSPS) is 11.3. The van der Waals surface area contributed by atoms with E-state index in [1.165, 1.54) is 12.4 Å². The van der Waals surface area contributed by atoms with Crippen LogP contribution in [0.5, 0.6) is 0 Å². The first-order chi connectivity index (χ1) is 8.90. The summed E-state index contributed by atoms with van der Waals surface area (Å²) in [6.07, 6.45) is 4.35. The minimum absolute atomic E-state index is 0.0264. The molecule has 0 bridgehead atoms. The number of pyridine rings is 1. The molecule has 2 aromatic rings. The Morgan fingerprint density at radius 3 is 2.63 bits per heavy atom. The lowest BCUT2D eigenvalue weighted by Crippen LogP contribution is -2.17. The van der Waals surface area contributed by atoms with Gasteiger partial charge in [0.05, 0.1) is 23.8 Å². The Kier molecular flexibility index (Phi) is 3.43. The Hall–Kier alpha value is -2.09. The summed E-state index contributed by atoms with van der Waals surface area (Å²) in [6.45, 7) is 1.69. The van der Waals surface area contributed by atoms with Crippen LogP contribution in [0, 0.1) is 6.92 Å². The molecule has 0 saturated carbocycles. The van der Waals surface area contributed by atoms with Gasteiger partial charge in [-0.3, -0.25) is 9.71 Å². The Labute approximate surface area is 111 Å². The molecule has 0 spiro atoms. The van der Waals surface area contributed by atoms with E-state index in [2.05, 4.69) is 19.7 Å². The molecule has 0 unspecified atom stereocenters. The smallest absolute Gasteiger partial charge is 0.279 e. The number of aromatic amines is 1. The van der Waals surface area contributed by atoms with Crippen molar-refractivity contribution in [3.8, 4) is 0 Å². The van der Waals surface area contributed by atoms with Crippen LogP contribution in [0.2, 0.25) is 0 Å². The highest BCUT2D eigenvalue weighted by atomic mass is 32.2. The fraction of sp³-hybridized carbons (Fsp3) is 0.273. The van der Waals surface area contributed by atoms with Crippen molar-refractivity contribution >= 4 is 21.4 Å². The van der Waals surface area contributed by atoms with Crippen molar-refractivity contribution in [1.29, 1.82) is 0 Å². The second-order valence-electron chi connectivity index (χ2n) is 4.23. The molecule has 0 fully saturated rings. The topological polar surface area (TPSA) is 91.0 Å². The van der Waals surface area contributed by atoms with Crippen molar-refractivity contribution in [2.45, 2.75) is 11.9 Å². The quantitative estimate of drug-likeness (QED) is 0.871. The Balaban J connectivity index is 2.36. The van der Waals surface area contributed by atoms with E-state index in [-0.39, 0.29) is 5.03 Å². The number of aromatic nitrogens is 3. The SMILES string of the molecule is Cc1ncc(S(=O)(=O)Nc2cnccc2N(C)C)[nH]1. The number of aryl methyl sites for hydroxylation is 1. The minimum atomic E-state index is -3.68. The first-order valence-corrected chi connectivity index (χ1v) is 7.04. The van der Waals surface area contributed by atoms with Crippen LogP contribution in [0.25, 0.3) is 0 Å². The molecule has 0 amide bonds. The summed E-state index contributed by atoms with van der Waals surface area (Å²) >= 11 is 0. The largest absolute Gasteiger partial charge is 0.376 e. The number of nitrogens with one attached hydrogen (secondary N) is 2. The van der Waals surface area contributed by atoms with Gasteiger partial charge in [-0.25, -0.2) is 4.98 Å². The minimum Gasteiger partial charge on any atom is -0.376 e. The summed E-state index contributed by atoms with van der Waals surface area (Å²) in [5, 5.41) is 0.0264. The summed E-state index contributed by atoms with van der Waals surface area (Å²) in [4.78, 5) is 12.3. The number of hydrogen-bond acceptors (Lipinski definition) is 5. The van der Waals surface area contributed by atoms with E-state index in [0.29, 0.717) is 11.5 Å². The Morgan fingerprint density at radius 2 is 2.05 bits per heavy atom. The number of hydrogen-bond donors (Lipinski definition) is 2. The van der Waals surface area contributed by atoms with Crippen molar-refractivity contribution in [2.75, 3.05) is 23.7 Å². The zero-order valence-corrected chi connectivity index (χ0v) is 11.7. The van der Waals surface area contributed by atoms with Gasteiger partial charge < -0.3 is 9.88 Å². The highest BCUT2D eigenvalue weighted by Crippen LogP contribution is 2.24. The highest BCUT2D eigenvalue weighted by molar-refractivity contribution is 7.92. The lowest BCUT2D eigenvalue weighted by Gasteiger charge is -2.17. The van der Waals surface area contributed by atoms with Crippen molar-refractivity contribution < 1.29 is 8.42 Å². The average molecular weight is 281 g/mol. The van der Waals surface area contributed by atoms with Gasteiger partial charge in [0.25, 0.3) is 10.0 Å². The maximum absolute atomic E-state index is 12.2. The predicted molar refractivity (Wildman–Crippen MR) is 72.7 cm³/mol. The molecular formula is C11H15N5O2S. The zero-order valence-electron chi connectivity index (χ0n) is 10.9. The third-order valence-electron chi connectivity index (χ3n) is 2.49. The number of rotatable bonds is 4. The third kappa shape index (κ3) is 2.84. The van der Waals surface area contributed by atoms with Crippen LogP contribution in [0.1, 0.15) is 5.82 Å². The molecule has 2 aromatic heterocycles. The second-order valence-corrected chi connectivity index (χ2v) is 5.88. The molecule has 7 nitrogen and oxygen atoms in total. The first kappa shape index (κ1) is 13.3. The molecule has 2 N–H and O–H groups in total. The standard InChI is InChI=1S/C11H15N5O2S/c1-8-13-7-11(14-8)19(17,18)15-9-6-12-5-4-10(9)16(2)3/h4-7,15H,1-3H3,(H,13,14). The summed E-state index contributed by atoms with van der Waals surface area (Å²) in [6, 6.07) is 1.73. The molecule has 0 radical (unpaired) electrons. The van der Waals surface area contributed by atoms with Gasteiger partial charge in [0.15, 0.2) is 5.03 Å². The average Bonchev–Trinajstić information content (AvgIpc) is 2.76. The Morgan fingerprint density at radius 1 is 1.32 bits per heavy atom. The first-order valence-electron chi connectivity index (χ1n) is 5.56. The van der Waals surface area contributed by atoms with Gasteiger partial charge >= 0.3 is 0 Å². The molecule has 0 aliphatic rings.